The van der Waals surface area contributed by atoms with Gasteiger partial charge < -0.3 is 14.2 Å². The van der Waals surface area contributed by atoms with Crippen LogP contribution in [0.5, 0.6) is 11.5 Å². The van der Waals surface area contributed by atoms with E-state index < -0.39 is 0 Å². The van der Waals surface area contributed by atoms with E-state index >= 15 is 0 Å². The van der Waals surface area contributed by atoms with E-state index in [1.807, 2.05) is 0 Å². The Hall–Kier alpha value is -1.43. The monoisotopic (exact) mass is 370 g/mol. The Kier molecular flexibility index (Phi) is 8.38. The maximum Gasteiger partial charge on any atom is 0.306 e. The molecule has 0 saturated carbocycles. The molecule has 4 nitrogen and oxygen atoms in total. The maximum atomic E-state index is 14.0. The Morgan fingerprint density at radius 2 is 2.00 bits per heavy atom. The third-order valence-electron chi connectivity index (χ3n) is 4.18. The molecule has 0 aromatic heterocycles. The van der Waals surface area contributed by atoms with Crippen molar-refractivity contribution in [1.82, 2.24) is 0 Å². The second-order valence-electron chi connectivity index (χ2n) is 6.12. The number of unbranched alkanes of at least 4 members (excludes halogenated alkanes) is 1. The number of carbonyl (C=O) groups excluding carboxylic acids is 1. The number of halogens is 1. The Balaban J connectivity index is 1.74. The number of thioether (sulfide) groups is 1. The summed E-state index contributed by atoms with van der Waals surface area (Å²) < 4.78 is 30.2. The van der Waals surface area contributed by atoms with Gasteiger partial charge in [0, 0.05) is 22.8 Å². The normalized spacial score (nSPS) is 14.2. The zero-order valence-electron chi connectivity index (χ0n) is 15.0. The van der Waals surface area contributed by atoms with Gasteiger partial charge in [0.25, 0.3) is 0 Å². The zero-order valence-corrected chi connectivity index (χ0v) is 15.8. The fourth-order valence-electron chi connectivity index (χ4n) is 2.58. The van der Waals surface area contributed by atoms with Crippen LogP contribution in [0.2, 0.25) is 0 Å². The fourth-order valence-corrected chi connectivity index (χ4v) is 3.46. The minimum atomic E-state index is -0.353. The molecule has 0 radical (unpaired) electrons. The van der Waals surface area contributed by atoms with E-state index in [1.165, 1.54) is 17.8 Å². The molecule has 6 heteroatoms. The molecule has 1 aliphatic heterocycles. The third-order valence-corrected chi connectivity index (χ3v) is 5.22. The van der Waals surface area contributed by atoms with Crippen molar-refractivity contribution < 1.29 is 23.4 Å². The van der Waals surface area contributed by atoms with Crippen LogP contribution in [-0.4, -0.2) is 31.5 Å². The Bertz CT molecular complexity index is 565. The average Bonchev–Trinajstić information content (AvgIpc) is 2.62. The molecule has 1 atom stereocenters. The molecule has 0 fully saturated rings. The number of hydrogen-bond acceptors (Lipinski definition) is 5. The van der Waals surface area contributed by atoms with Gasteiger partial charge >= 0.3 is 5.97 Å². The van der Waals surface area contributed by atoms with Gasteiger partial charge in [-0.2, -0.15) is 0 Å². The lowest BCUT2D eigenvalue weighted by molar-refractivity contribution is -0.144. The number of esters is 1. The predicted octanol–water partition coefficient (Wildman–Crippen LogP) is 4.84. The molecule has 0 amide bonds. The molecule has 0 saturated heterocycles. The lowest BCUT2D eigenvalue weighted by atomic mass is 10.0. The van der Waals surface area contributed by atoms with Gasteiger partial charge in [0.15, 0.2) is 11.5 Å². The van der Waals surface area contributed by atoms with Crippen molar-refractivity contribution in [3.8, 4) is 11.5 Å². The van der Waals surface area contributed by atoms with Crippen LogP contribution in [-0.2, 0) is 9.53 Å². The molecule has 1 aromatic carbocycles. The standard InChI is InChI=1S/C19H27FO4S/c1-3-5-6-14(4-2)13-24-19(21)7-10-25-18-12-17-16(11-15(18)20)22-8-9-23-17/h11-12,14H,3-10,13H2,1-2H3. The molecule has 140 valence electrons. The highest BCUT2D eigenvalue weighted by Gasteiger charge is 2.17. The van der Waals surface area contributed by atoms with Gasteiger partial charge in [0.05, 0.1) is 13.0 Å². The summed E-state index contributed by atoms with van der Waals surface area (Å²) in [4.78, 5) is 12.3. The predicted molar refractivity (Wildman–Crippen MR) is 97.0 cm³/mol. The highest BCUT2D eigenvalue weighted by molar-refractivity contribution is 7.99. The summed E-state index contributed by atoms with van der Waals surface area (Å²) in [6.07, 6.45) is 4.70. The lowest BCUT2D eigenvalue weighted by Crippen LogP contribution is -2.15. The molecular weight excluding hydrogens is 343 g/mol. The molecule has 1 aromatic rings. The van der Waals surface area contributed by atoms with Crippen LogP contribution in [0, 0.1) is 11.7 Å². The molecule has 0 N–H and O–H groups in total. The molecule has 25 heavy (non-hydrogen) atoms. The summed E-state index contributed by atoms with van der Waals surface area (Å²) in [5.74, 6) is 1.33. The van der Waals surface area contributed by atoms with Crippen molar-refractivity contribution >= 4 is 17.7 Å². The average molecular weight is 370 g/mol. The number of benzene rings is 1. The highest BCUT2D eigenvalue weighted by atomic mass is 32.2. The number of carbonyl (C=O) groups is 1. The first-order valence-electron chi connectivity index (χ1n) is 9.01. The van der Waals surface area contributed by atoms with Gasteiger partial charge in [-0.25, -0.2) is 4.39 Å². The minimum absolute atomic E-state index is 0.222. The number of fused-ring (bicyclic) bond motifs is 1. The largest absolute Gasteiger partial charge is 0.486 e. The molecular formula is C19H27FO4S. The van der Waals surface area contributed by atoms with Crippen molar-refractivity contribution in [2.75, 3.05) is 25.6 Å². The van der Waals surface area contributed by atoms with Gasteiger partial charge in [-0.1, -0.05) is 33.1 Å². The third kappa shape index (κ3) is 6.42. The molecule has 1 heterocycles. The van der Waals surface area contributed by atoms with E-state index in [2.05, 4.69) is 13.8 Å². The van der Waals surface area contributed by atoms with E-state index in [4.69, 9.17) is 14.2 Å². The van der Waals surface area contributed by atoms with E-state index in [-0.39, 0.29) is 18.2 Å². The molecule has 1 unspecified atom stereocenters. The Morgan fingerprint density at radius 1 is 1.28 bits per heavy atom. The van der Waals surface area contributed by atoms with Crippen molar-refractivity contribution in [2.24, 2.45) is 5.92 Å². The van der Waals surface area contributed by atoms with Gasteiger partial charge in [0.1, 0.15) is 19.0 Å². The number of rotatable bonds is 10. The molecule has 0 spiro atoms. The Morgan fingerprint density at radius 3 is 2.68 bits per heavy atom. The molecule has 0 bridgehead atoms. The first kappa shape index (κ1) is 19.9. The van der Waals surface area contributed by atoms with Crippen molar-refractivity contribution in [1.29, 1.82) is 0 Å². The van der Waals surface area contributed by atoms with E-state index in [1.54, 1.807) is 6.07 Å². The van der Waals surface area contributed by atoms with Crippen LogP contribution in [0.4, 0.5) is 4.39 Å². The summed E-state index contributed by atoms with van der Waals surface area (Å²) in [5, 5.41) is 0. The van der Waals surface area contributed by atoms with Gasteiger partial charge in [0.2, 0.25) is 0 Å². The van der Waals surface area contributed by atoms with E-state index in [0.29, 0.717) is 47.9 Å². The van der Waals surface area contributed by atoms with Gasteiger partial charge in [-0.3, -0.25) is 4.79 Å². The smallest absolute Gasteiger partial charge is 0.306 e. The molecule has 1 aliphatic rings. The quantitative estimate of drug-likeness (QED) is 0.436. The van der Waals surface area contributed by atoms with E-state index in [0.717, 1.165) is 25.7 Å². The topological polar surface area (TPSA) is 44.8 Å². The molecule has 0 aliphatic carbocycles. The number of hydrogen-bond donors (Lipinski definition) is 0. The fraction of sp³-hybridized carbons (Fsp3) is 0.632. The van der Waals surface area contributed by atoms with Crippen LogP contribution in [0.3, 0.4) is 0 Å². The summed E-state index contributed by atoms with van der Waals surface area (Å²) >= 11 is 1.29. The summed E-state index contributed by atoms with van der Waals surface area (Å²) in [7, 11) is 0. The molecule has 2 rings (SSSR count). The lowest BCUT2D eigenvalue weighted by Gasteiger charge is -2.19. The summed E-state index contributed by atoms with van der Waals surface area (Å²) in [5.41, 5.74) is 0. The summed E-state index contributed by atoms with van der Waals surface area (Å²) in [6.45, 7) is 5.66. The Labute approximate surface area is 153 Å². The minimum Gasteiger partial charge on any atom is -0.486 e. The maximum absolute atomic E-state index is 14.0. The first-order chi connectivity index (χ1) is 12.1. The van der Waals surface area contributed by atoms with Crippen LogP contribution in [0.25, 0.3) is 0 Å². The zero-order chi connectivity index (χ0) is 18.1. The van der Waals surface area contributed by atoms with Gasteiger partial charge in [-0.05, 0) is 12.3 Å². The van der Waals surface area contributed by atoms with Crippen molar-refractivity contribution in [2.45, 2.75) is 50.8 Å². The van der Waals surface area contributed by atoms with Crippen molar-refractivity contribution in [3.63, 3.8) is 0 Å². The first-order valence-corrected chi connectivity index (χ1v) is 10.00. The second kappa shape index (κ2) is 10.5. The van der Waals surface area contributed by atoms with Crippen molar-refractivity contribution in [3.05, 3.63) is 17.9 Å². The summed E-state index contributed by atoms with van der Waals surface area (Å²) in [6, 6.07) is 2.98. The van der Waals surface area contributed by atoms with Crippen LogP contribution >= 0.6 is 11.8 Å². The van der Waals surface area contributed by atoms with Crippen LogP contribution < -0.4 is 9.47 Å². The number of ether oxygens (including phenoxy) is 3. The second-order valence-corrected chi connectivity index (χ2v) is 7.26. The highest BCUT2D eigenvalue weighted by Crippen LogP contribution is 2.36. The van der Waals surface area contributed by atoms with Gasteiger partial charge in [-0.15, -0.1) is 11.8 Å². The van der Waals surface area contributed by atoms with E-state index in [9.17, 15) is 9.18 Å². The van der Waals surface area contributed by atoms with Crippen LogP contribution in [0.15, 0.2) is 17.0 Å². The SMILES string of the molecule is CCCCC(CC)COC(=O)CCSc1cc2c(cc1F)OCCO2. The van der Waals surface area contributed by atoms with Crippen LogP contribution in [0.1, 0.15) is 46.0 Å².